The number of carbonyl (C=O) groups excluding carboxylic acids is 1. The number of methoxy groups -OCH3 is 1. The average molecular weight is 355 g/mol. The van der Waals surface area contributed by atoms with Crippen LogP contribution in [0.4, 0.5) is 5.69 Å². The zero-order chi connectivity index (χ0) is 19.3. The van der Waals surface area contributed by atoms with E-state index in [4.69, 9.17) is 4.74 Å². The molecule has 1 aromatic carbocycles. The molecule has 134 valence electrons. The van der Waals surface area contributed by atoms with Gasteiger partial charge in [-0.25, -0.2) is 4.79 Å². The van der Waals surface area contributed by atoms with Crippen molar-refractivity contribution in [1.29, 1.82) is 0 Å². The van der Waals surface area contributed by atoms with E-state index in [1.54, 1.807) is 12.1 Å². The molecular weight excluding hydrogens is 338 g/mol. The minimum Gasteiger partial charge on any atom is -0.508 e. The van der Waals surface area contributed by atoms with Crippen LogP contribution in [0.1, 0.15) is 5.56 Å². The van der Waals surface area contributed by atoms with Gasteiger partial charge in [0.05, 0.1) is 13.7 Å². The number of aromatic nitrogens is 2. The van der Waals surface area contributed by atoms with Gasteiger partial charge >= 0.3 is 5.69 Å². The number of carbonyl (C=O) groups is 1. The molecule has 0 fully saturated rings. The molecule has 2 rings (SSSR count). The van der Waals surface area contributed by atoms with Gasteiger partial charge in [-0.3, -0.25) is 18.7 Å². The largest absolute Gasteiger partial charge is 0.508 e. The van der Waals surface area contributed by atoms with Crippen molar-refractivity contribution >= 4 is 11.6 Å². The number of phenols is 1. The van der Waals surface area contributed by atoms with Gasteiger partial charge in [0.2, 0.25) is 11.8 Å². The van der Waals surface area contributed by atoms with Crippen LogP contribution in [-0.2, 0) is 18.4 Å². The number of ether oxygens (including phenoxy) is 1. The molecule has 0 aliphatic rings. The molecule has 0 bridgehead atoms. The number of aromatic hydroxyl groups is 1. The summed E-state index contributed by atoms with van der Waals surface area (Å²) >= 11 is 0. The van der Waals surface area contributed by atoms with Crippen LogP contribution in [0.3, 0.4) is 0 Å². The van der Waals surface area contributed by atoms with Crippen LogP contribution in [0.2, 0.25) is 0 Å². The smallest absolute Gasteiger partial charge is 0.334 e. The minimum atomic E-state index is -0.709. The van der Waals surface area contributed by atoms with Crippen molar-refractivity contribution in [2.75, 3.05) is 12.4 Å². The van der Waals surface area contributed by atoms with Gasteiger partial charge in [-0.05, 0) is 24.3 Å². The van der Waals surface area contributed by atoms with E-state index in [-0.39, 0.29) is 23.9 Å². The third kappa shape index (κ3) is 3.84. The lowest BCUT2D eigenvalue weighted by Gasteiger charge is -2.15. The Morgan fingerprint density at radius 1 is 1.42 bits per heavy atom. The molecule has 0 saturated heterocycles. The molecule has 26 heavy (non-hydrogen) atoms. The Morgan fingerprint density at radius 2 is 2.15 bits per heavy atom. The quantitative estimate of drug-likeness (QED) is 0.612. The Morgan fingerprint density at radius 3 is 2.77 bits per heavy atom. The van der Waals surface area contributed by atoms with E-state index in [9.17, 15) is 19.5 Å². The maximum atomic E-state index is 12.4. The van der Waals surface area contributed by atoms with Crippen molar-refractivity contribution in [3.8, 4) is 23.5 Å². The summed E-state index contributed by atoms with van der Waals surface area (Å²) in [4.78, 5) is 36.2. The number of anilines is 1. The van der Waals surface area contributed by atoms with E-state index in [0.29, 0.717) is 5.56 Å². The second-order valence-electron chi connectivity index (χ2n) is 5.16. The van der Waals surface area contributed by atoms with Crippen molar-refractivity contribution in [2.24, 2.45) is 7.05 Å². The molecule has 0 radical (unpaired) electrons. The van der Waals surface area contributed by atoms with Gasteiger partial charge in [-0.2, -0.15) is 0 Å². The van der Waals surface area contributed by atoms with E-state index in [2.05, 4.69) is 23.7 Å². The number of amides is 1. The van der Waals surface area contributed by atoms with E-state index in [1.807, 2.05) is 0 Å². The molecule has 1 aromatic heterocycles. The van der Waals surface area contributed by atoms with Crippen LogP contribution in [0.25, 0.3) is 0 Å². The van der Waals surface area contributed by atoms with Gasteiger partial charge in [0.25, 0.3) is 5.56 Å². The summed E-state index contributed by atoms with van der Waals surface area (Å²) in [5.41, 5.74) is -0.978. The lowest BCUT2D eigenvalue weighted by molar-refractivity contribution is -0.111. The molecule has 2 N–H and O–H groups in total. The lowest BCUT2D eigenvalue weighted by Crippen LogP contribution is -2.40. The minimum absolute atomic E-state index is 0.0723. The molecule has 8 nitrogen and oxygen atoms in total. The van der Waals surface area contributed by atoms with Gasteiger partial charge in [0.15, 0.2) is 5.69 Å². The Bertz CT molecular complexity index is 1040. The number of nitrogens with zero attached hydrogens (tertiary/aromatic N) is 2. The third-order valence-corrected chi connectivity index (χ3v) is 3.44. The van der Waals surface area contributed by atoms with Crippen molar-refractivity contribution in [2.45, 2.75) is 6.54 Å². The van der Waals surface area contributed by atoms with Crippen LogP contribution < -0.4 is 21.3 Å². The molecule has 0 unspecified atom stereocenters. The first-order valence-electron chi connectivity index (χ1n) is 7.48. The van der Waals surface area contributed by atoms with Crippen LogP contribution >= 0.6 is 0 Å². The molecule has 1 amide bonds. The number of phenolic OH excluding ortho intramolecular Hbond substituents is 1. The van der Waals surface area contributed by atoms with Gasteiger partial charge in [0.1, 0.15) is 5.75 Å². The highest BCUT2D eigenvalue weighted by Crippen LogP contribution is 2.17. The standard InChI is InChI=1S/C18H17N3O5/c1-4-14(23)19-15-16(24)20(2)18(25)21(17(15)26-3)10-6-8-12-7-5-9-13(22)11-12/h4-5,7,9,11,22H,1,10H2,2-3H3,(H,19,23). The van der Waals surface area contributed by atoms with Crippen LogP contribution in [0.15, 0.2) is 46.5 Å². The summed E-state index contributed by atoms with van der Waals surface area (Å²) in [5.74, 6) is 4.92. The zero-order valence-corrected chi connectivity index (χ0v) is 14.3. The predicted molar refractivity (Wildman–Crippen MR) is 96.3 cm³/mol. The highest BCUT2D eigenvalue weighted by atomic mass is 16.5. The maximum absolute atomic E-state index is 12.4. The number of nitrogens with one attached hydrogen (secondary N) is 1. The van der Waals surface area contributed by atoms with Gasteiger partial charge in [0, 0.05) is 12.6 Å². The summed E-state index contributed by atoms with van der Waals surface area (Å²) in [6.07, 6.45) is 0.996. The highest BCUT2D eigenvalue weighted by molar-refractivity contribution is 5.99. The van der Waals surface area contributed by atoms with Crippen LogP contribution in [0, 0.1) is 11.8 Å². The van der Waals surface area contributed by atoms with Crippen LogP contribution in [-0.4, -0.2) is 27.3 Å². The van der Waals surface area contributed by atoms with E-state index in [1.165, 1.54) is 26.3 Å². The Balaban J connectivity index is 2.51. The summed E-state index contributed by atoms with van der Waals surface area (Å²) in [7, 11) is 2.56. The monoisotopic (exact) mass is 355 g/mol. The van der Waals surface area contributed by atoms with Crippen molar-refractivity contribution in [3.63, 3.8) is 0 Å². The number of hydrogen-bond donors (Lipinski definition) is 2. The lowest BCUT2D eigenvalue weighted by atomic mass is 10.2. The van der Waals surface area contributed by atoms with E-state index < -0.39 is 17.2 Å². The van der Waals surface area contributed by atoms with Crippen molar-refractivity contribution < 1.29 is 14.6 Å². The third-order valence-electron chi connectivity index (χ3n) is 3.44. The second-order valence-corrected chi connectivity index (χ2v) is 5.16. The van der Waals surface area contributed by atoms with E-state index >= 15 is 0 Å². The fourth-order valence-corrected chi connectivity index (χ4v) is 2.19. The first-order valence-corrected chi connectivity index (χ1v) is 7.48. The summed E-state index contributed by atoms with van der Waals surface area (Å²) in [6, 6.07) is 6.33. The molecule has 0 spiro atoms. The first-order chi connectivity index (χ1) is 12.4. The van der Waals surface area contributed by atoms with E-state index in [0.717, 1.165) is 15.2 Å². The fourth-order valence-electron chi connectivity index (χ4n) is 2.19. The normalized spacial score (nSPS) is 9.77. The van der Waals surface area contributed by atoms with Gasteiger partial charge in [-0.15, -0.1) is 0 Å². The molecule has 2 aromatic rings. The number of rotatable bonds is 4. The molecule has 0 aliphatic carbocycles. The molecule has 8 heteroatoms. The summed E-state index contributed by atoms with van der Waals surface area (Å²) < 4.78 is 7.12. The molecule has 0 aliphatic heterocycles. The first kappa shape index (κ1) is 18.6. The van der Waals surface area contributed by atoms with Crippen LogP contribution in [0.5, 0.6) is 11.6 Å². The fraction of sp³-hybridized carbons (Fsp3) is 0.167. The topological polar surface area (TPSA) is 103 Å². The predicted octanol–water partition coefficient (Wildman–Crippen LogP) is 0.437. The molecule has 0 saturated carbocycles. The van der Waals surface area contributed by atoms with Gasteiger partial charge < -0.3 is 15.2 Å². The summed E-state index contributed by atoms with van der Waals surface area (Å²) in [6.45, 7) is 3.23. The van der Waals surface area contributed by atoms with Crippen molar-refractivity contribution in [1.82, 2.24) is 9.13 Å². The Labute approximate surface area is 149 Å². The molecule has 1 heterocycles. The SMILES string of the molecule is C=CC(=O)Nc1c(OC)n(CC#Cc2cccc(O)c2)c(=O)n(C)c1=O. The zero-order valence-electron chi connectivity index (χ0n) is 14.3. The molecular formula is C18H17N3O5. The second kappa shape index (κ2) is 7.90. The Hall–Kier alpha value is -3.73. The summed E-state index contributed by atoms with van der Waals surface area (Å²) in [5, 5.41) is 11.8. The molecule has 0 atom stereocenters. The Kier molecular flexibility index (Phi) is 5.65. The van der Waals surface area contributed by atoms with Gasteiger partial charge in [-0.1, -0.05) is 24.5 Å². The number of hydrogen-bond acceptors (Lipinski definition) is 5. The van der Waals surface area contributed by atoms with Crippen molar-refractivity contribution in [3.05, 3.63) is 63.3 Å². The average Bonchev–Trinajstić information content (AvgIpc) is 2.63. The maximum Gasteiger partial charge on any atom is 0.334 e. The number of benzene rings is 1. The highest BCUT2D eigenvalue weighted by Gasteiger charge is 2.19.